The molecule has 5 nitrogen and oxygen atoms in total. The van der Waals surface area contributed by atoms with Crippen molar-refractivity contribution in [1.82, 2.24) is 10.6 Å². The van der Waals surface area contributed by atoms with Gasteiger partial charge in [0.1, 0.15) is 0 Å². The van der Waals surface area contributed by atoms with Crippen LogP contribution < -0.4 is 15.5 Å². The monoisotopic (exact) mass is 371 g/mol. The first kappa shape index (κ1) is 18.3. The summed E-state index contributed by atoms with van der Waals surface area (Å²) in [5.74, 6) is 0.156. The Hall–Kier alpha value is -2.53. The number of amides is 3. The molecular formula is C20H22ClN3O2. The standard InChI is InChI=1S/C20H22ClN3O2/c1-14(16-6-3-7-17(21)12-16)23-20(26)22-13-15-5-2-8-18(11-15)24-10-4-9-19(24)25/h2-3,5-8,11-12,14H,4,9-10,13H2,1H3,(H2,22,23,26). The first-order valence-electron chi connectivity index (χ1n) is 8.72. The van der Waals surface area contributed by atoms with Crippen molar-refractivity contribution in [1.29, 1.82) is 0 Å². The maximum Gasteiger partial charge on any atom is 0.315 e. The van der Waals surface area contributed by atoms with E-state index in [0.717, 1.165) is 29.8 Å². The summed E-state index contributed by atoms with van der Waals surface area (Å²) in [5, 5.41) is 6.40. The number of hydrogen-bond acceptors (Lipinski definition) is 2. The summed E-state index contributed by atoms with van der Waals surface area (Å²) in [6.45, 7) is 3.06. The average Bonchev–Trinajstić information content (AvgIpc) is 3.06. The highest BCUT2D eigenvalue weighted by Crippen LogP contribution is 2.22. The summed E-state index contributed by atoms with van der Waals surface area (Å²) in [6, 6.07) is 14.7. The molecule has 1 saturated heterocycles. The third-order valence-corrected chi connectivity index (χ3v) is 4.68. The Kier molecular flexibility index (Phi) is 5.78. The zero-order valence-corrected chi connectivity index (χ0v) is 15.4. The number of nitrogens with zero attached hydrogens (tertiary/aromatic N) is 1. The van der Waals surface area contributed by atoms with Gasteiger partial charge in [-0.05, 0) is 48.7 Å². The van der Waals surface area contributed by atoms with Gasteiger partial charge in [-0.2, -0.15) is 0 Å². The Labute approximate surface area is 158 Å². The summed E-state index contributed by atoms with van der Waals surface area (Å²) in [7, 11) is 0. The van der Waals surface area contributed by atoms with Crippen LogP contribution in [0.1, 0.15) is 36.9 Å². The molecule has 0 saturated carbocycles. The van der Waals surface area contributed by atoms with Crippen LogP contribution in [0.5, 0.6) is 0 Å². The quantitative estimate of drug-likeness (QED) is 0.833. The van der Waals surface area contributed by atoms with Gasteiger partial charge in [-0.25, -0.2) is 4.79 Å². The topological polar surface area (TPSA) is 61.4 Å². The van der Waals surface area contributed by atoms with E-state index in [0.29, 0.717) is 18.0 Å². The Morgan fingerprint density at radius 2 is 2.04 bits per heavy atom. The summed E-state index contributed by atoms with van der Waals surface area (Å²) >= 11 is 5.99. The second-order valence-corrected chi connectivity index (χ2v) is 6.86. The van der Waals surface area contributed by atoms with Gasteiger partial charge < -0.3 is 15.5 Å². The van der Waals surface area contributed by atoms with E-state index in [1.165, 1.54) is 0 Å². The Morgan fingerprint density at radius 3 is 2.77 bits per heavy atom. The number of rotatable bonds is 5. The minimum atomic E-state index is -0.250. The van der Waals surface area contributed by atoms with Crippen LogP contribution in [0, 0.1) is 0 Å². The van der Waals surface area contributed by atoms with E-state index in [1.807, 2.05) is 49.4 Å². The molecule has 0 spiro atoms. The fraction of sp³-hybridized carbons (Fsp3) is 0.300. The number of anilines is 1. The van der Waals surface area contributed by atoms with Crippen LogP contribution in [0.2, 0.25) is 5.02 Å². The SMILES string of the molecule is CC(NC(=O)NCc1cccc(N2CCCC2=O)c1)c1cccc(Cl)c1. The Balaban J connectivity index is 1.55. The molecule has 3 rings (SSSR count). The third-order valence-electron chi connectivity index (χ3n) is 4.44. The molecule has 2 aromatic rings. The lowest BCUT2D eigenvalue weighted by Gasteiger charge is -2.17. The summed E-state index contributed by atoms with van der Waals surface area (Å²) < 4.78 is 0. The largest absolute Gasteiger partial charge is 0.334 e. The van der Waals surface area contributed by atoms with Crippen molar-refractivity contribution in [2.45, 2.75) is 32.4 Å². The maximum absolute atomic E-state index is 12.2. The first-order valence-corrected chi connectivity index (χ1v) is 9.10. The number of halogens is 1. The summed E-state index contributed by atoms with van der Waals surface area (Å²) in [6.07, 6.45) is 1.50. The van der Waals surface area contributed by atoms with Gasteiger partial charge in [0.05, 0.1) is 6.04 Å². The van der Waals surface area contributed by atoms with Crippen molar-refractivity contribution in [3.05, 3.63) is 64.7 Å². The number of benzene rings is 2. The van der Waals surface area contributed by atoms with Crippen LogP contribution in [0.15, 0.2) is 48.5 Å². The van der Waals surface area contributed by atoms with Gasteiger partial charge in [-0.15, -0.1) is 0 Å². The molecule has 0 aliphatic carbocycles. The predicted molar refractivity (Wildman–Crippen MR) is 103 cm³/mol. The molecule has 0 aromatic heterocycles. The van der Waals surface area contributed by atoms with E-state index >= 15 is 0 Å². The highest BCUT2D eigenvalue weighted by atomic mass is 35.5. The molecule has 1 unspecified atom stereocenters. The van der Waals surface area contributed by atoms with E-state index in [9.17, 15) is 9.59 Å². The summed E-state index contributed by atoms with van der Waals surface area (Å²) in [4.78, 5) is 25.8. The van der Waals surface area contributed by atoms with Crippen LogP contribution >= 0.6 is 11.6 Å². The number of carbonyl (C=O) groups is 2. The van der Waals surface area contributed by atoms with Crippen molar-refractivity contribution in [2.24, 2.45) is 0 Å². The molecule has 0 radical (unpaired) electrons. The van der Waals surface area contributed by atoms with E-state index in [-0.39, 0.29) is 18.0 Å². The number of hydrogen-bond donors (Lipinski definition) is 2. The highest BCUT2D eigenvalue weighted by molar-refractivity contribution is 6.30. The summed E-state index contributed by atoms with van der Waals surface area (Å²) in [5.41, 5.74) is 2.79. The molecule has 136 valence electrons. The lowest BCUT2D eigenvalue weighted by atomic mass is 10.1. The third kappa shape index (κ3) is 4.55. The van der Waals surface area contributed by atoms with Gasteiger partial charge in [0.2, 0.25) is 5.91 Å². The van der Waals surface area contributed by atoms with Crippen LogP contribution in [0.4, 0.5) is 10.5 Å². The molecule has 0 bridgehead atoms. The Morgan fingerprint density at radius 1 is 1.23 bits per heavy atom. The molecule has 3 amide bonds. The smallest absolute Gasteiger partial charge is 0.315 e. The van der Waals surface area contributed by atoms with E-state index in [4.69, 9.17) is 11.6 Å². The molecule has 26 heavy (non-hydrogen) atoms. The van der Waals surface area contributed by atoms with Crippen molar-refractivity contribution in [2.75, 3.05) is 11.4 Å². The number of carbonyl (C=O) groups excluding carboxylic acids is 2. The van der Waals surface area contributed by atoms with Crippen LogP contribution in [-0.2, 0) is 11.3 Å². The highest BCUT2D eigenvalue weighted by Gasteiger charge is 2.21. The average molecular weight is 372 g/mol. The van der Waals surface area contributed by atoms with E-state index in [1.54, 1.807) is 11.0 Å². The Bertz CT molecular complexity index is 809. The second kappa shape index (κ2) is 8.23. The van der Waals surface area contributed by atoms with Gasteiger partial charge in [-0.1, -0.05) is 35.9 Å². The van der Waals surface area contributed by atoms with E-state index < -0.39 is 0 Å². The zero-order chi connectivity index (χ0) is 18.5. The first-order chi connectivity index (χ1) is 12.5. The van der Waals surface area contributed by atoms with Gasteiger partial charge in [0.15, 0.2) is 0 Å². The van der Waals surface area contributed by atoms with Crippen LogP contribution in [0.25, 0.3) is 0 Å². The van der Waals surface area contributed by atoms with Gasteiger partial charge in [0, 0.05) is 30.2 Å². The minimum Gasteiger partial charge on any atom is -0.334 e. The van der Waals surface area contributed by atoms with Crippen molar-refractivity contribution in [3.63, 3.8) is 0 Å². The van der Waals surface area contributed by atoms with Crippen molar-refractivity contribution >= 4 is 29.2 Å². The minimum absolute atomic E-state index is 0.151. The molecule has 2 aromatic carbocycles. The van der Waals surface area contributed by atoms with Crippen molar-refractivity contribution in [3.8, 4) is 0 Å². The van der Waals surface area contributed by atoms with Gasteiger partial charge in [-0.3, -0.25) is 4.79 Å². The lowest BCUT2D eigenvalue weighted by molar-refractivity contribution is -0.117. The molecule has 1 aliphatic rings. The fourth-order valence-electron chi connectivity index (χ4n) is 3.04. The predicted octanol–water partition coefficient (Wildman–Crippen LogP) is 4.03. The molecule has 1 aliphatic heterocycles. The van der Waals surface area contributed by atoms with Crippen LogP contribution in [-0.4, -0.2) is 18.5 Å². The number of nitrogens with one attached hydrogen (secondary N) is 2. The fourth-order valence-corrected chi connectivity index (χ4v) is 3.24. The van der Waals surface area contributed by atoms with Gasteiger partial charge >= 0.3 is 6.03 Å². The molecule has 2 N–H and O–H groups in total. The second-order valence-electron chi connectivity index (χ2n) is 6.42. The molecule has 1 fully saturated rings. The van der Waals surface area contributed by atoms with Crippen molar-refractivity contribution < 1.29 is 9.59 Å². The molecule has 6 heteroatoms. The molecule has 1 atom stereocenters. The van der Waals surface area contributed by atoms with Gasteiger partial charge in [0.25, 0.3) is 0 Å². The van der Waals surface area contributed by atoms with Crippen LogP contribution in [0.3, 0.4) is 0 Å². The van der Waals surface area contributed by atoms with E-state index in [2.05, 4.69) is 10.6 Å². The molecular weight excluding hydrogens is 350 g/mol. The zero-order valence-electron chi connectivity index (χ0n) is 14.7. The number of urea groups is 1. The lowest BCUT2D eigenvalue weighted by Crippen LogP contribution is -2.36. The normalized spacial score (nSPS) is 15.0. The molecule has 1 heterocycles. The maximum atomic E-state index is 12.2.